The second-order valence-electron chi connectivity index (χ2n) is 8.98. The van der Waals surface area contributed by atoms with Crippen LogP contribution < -0.4 is 0 Å². The zero-order valence-corrected chi connectivity index (χ0v) is 21.0. The van der Waals surface area contributed by atoms with E-state index in [1.54, 1.807) is 20.0 Å². The van der Waals surface area contributed by atoms with Gasteiger partial charge in [-0.2, -0.15) is 0 Å². The van der Waals surface area contributed by atoms with Crippen LogP contribution in [0.25, 0.3) is 8.81 Å². The Bertz CT molecular complexity index is 769. The van der Waals surface area contributed by atoms with E-state index in [1.165, 1.54) is 62.5 Å². The molecule has 1 aliphatic heterocycles. The molecule has 0 radical (unpaired) electrons. The SMILES string of the molecule is CCCCCC1=[C](c2ccccc2)[Ge]([CH3])([CH3])[C](c2ccccc2)=C1CCCCC. The Morgan fingerprint density at radius 1 is 0.552 bits per heavy atom. The molecule has 0 fully saturated rings. The Kier molecular flexibility index (Phi) is 8.01. The standard InChI is InChI=1S/C28H38Ge/c1-5-7-11-21-25-26(22-12-8-6-2)28(24-19-15-10-16-20-24)29(3,4)27(25)23-17-13-9-14-18-23/h9-10,13-20H,5-8,11-12,21-22H2,1-4H3. The number of allylic oxidation sites excluding steroid dienone is 2. The molecule has 0 nitrogen and oxygen atoms in total. The van der Waals surface area contributed by atoms with Gasteiger partial charge in [0.15, 0.2) is 0 Å². The van der Waals surface area contributed by atoms with Gasteiger partial charge in [-0.05, 0) is 0 Å². The molecular weight excluding hydrogens is 409 g/mol. The van der Waals surface area contributed by atoms with E-state index in [0.717, 1.165) is 0 Å². The van der Waals surface area contributed by atoms with Crippen LogP contribution in [0.3, 0.4) is 0 Å². The van der Waals surface area contributed by atoms with Gasteiger partial charge in [-0.25, -0.2) is 0 Å². The van der Waals surface area contributed by atoms with Crippen LogP contribution in [0.1, 0.15) is 76.3 Å². The summed E-state index contributed by atoms with van der Waals surface area (Å²) in [6.07, 6.45) is 10.4. The first-order chi connectivity index (χ1) is 14.1. The summed E-state index contributed by atoms with van der Waals surface area (Å²) in [7, 11) is 0. The molecule has 0 aliphatic carbocycles. The van der Waals surface area contributed by atoms with Crippen LogP contribution in [-0.4, -0.2) is 13.3 Å². The average molecular weight is 447 g/mol. The topological polar surface area (TPSA) is 0 Å². The van der Waals surface area contributed by atoms with Crippen molar-refractivity contribution in [3.63, 3.8) is 0 Å². The summed E-state index contributed by atoms with van der Waals surface area (Å²) in [5, 5.41) is 0. The molecule has 0 bridgehead atoms. The molecular formula is C28H38Ge. The number of rotatable bonds is 10. The number of benzene rings is 2. The molecule has 154 valence electrons. The van der Waals surface area contributed by atoms with Gasteiger partial charge in [-0.3, -0.25) is 0 Å². The Morgan fingerprint density at radius 3 is 1.28 bits per heavy atom. The van der Waals surface area contributed by atoms with Gasteiger partial charge in [0.05, 0.1) is 0 Å². The van der Waals surface area contributed by atoms with Crippen molar-refractivity contribution in [2.24, 2.45) is 0 Å². The third-order valence-electron chi connectivity index (χ3n) is 6.40. The summed E-state index contributed by atoms with van der Waals surface area (Å²) in [5.41, 5.74) is 6.43. The Morgan fingerprint density at radius 2 is 0.931 bits per heavy atom. The molecule has 0 amide bonds. The third-order valence-corrected chi connectivity index (χ3v) is 14.1. The van der Waals surface area contributed by atoms with Crippen molar-refractivity contribution in [1.29, 1.82) is 0 Å². The molecule has 1 aliphatic rings. The molecule has 0 unspecified atom stereocenters. The molecule has 0 saturated heterocycles. The Labute approximate surface area is 181 Å². The van der Waals surface area contributed by atoms with Gasteiger partial charge in [-0.1, -0.05) is 0 Å². The van der Waals surface area contributed by atoms with E-state index in [9.17, 15) is 0 Å². The summed E-state index contributed by atoms with van der Waals surface area (Å²) in [6.45, 7) is 4.63. The number of hydrogen-bond acceptors (Lipinski definition) is 0. The van der Waals surface area contributed by atoms with E-state index in [1.807, 2.05) is 0 Å². The maximum absolute atomic E-state index is 2.64. The molecule has 0 saturated carbocycles. The zero-order chi connectivity index (χ0) is 20.7. The van der Waals surface area contributed by atoms with Gasteiger partial charge in [0, 0.05) is 0 Å². The van der Waals surface area contributed by atoms with Crippen LogP contribution >= 0.6 is 0 Å². The van der Waals surface area contributed by atoms with E-state index >= 15 is 0 Å². The molecule has 0 atom stereocenters. The van der Waals surface area contributed by atoms with E-state index in [-0.39, 0.29) is 0 Å². The van der Waals surface area contributed by atoms with Crippen molar-refractivity contribution >= 4 is 22.1 Å². The molecule has 0 N–H and O–H groups in total. The number of unbranched alkanes of at least 4 members (excludes halogenated alkanes) is 4. The van der Waals surface area contributed by atoms with Gasteiger partial charge in [0.2, 0.25) is 0 Å². The van der Waals surface area contributed by atoms with Crippen molar-refractivity contribution in [3.05, 3.63) is 82.9 Å². The molecule has 2 aromatic rings. The average Bonchev–Trinajstić information content (AvgIpc) is 2.96. The monoisotopic (exact) mass is 448 g/mol. The van der Waals surface area contributed by atoms with Crippen LogP contribution in [-0.2, 0) is 0 Å². The van der Waals surface area contributed by atoms with E-state index in [2.05, 4.69) is 86.0 Å². The van der Waals surface area contributed by atoms with Crippen LogP contribution in [0.5, 0.6) is 0 Å². The van der Waals surface area contributed by atoms with Gasteiger partial charge < -0.3 is 0 Å². The Hall–Kier alpha value is -1.54. The fourth-order valence-corrected chi connectivity index (χ4v) is 13.7. The van der Waals surface area contributed by atoms with Crippen molar-refractivity contribution in [1.82, 2.24) is 0 Å². The first-order valence-electron chi connectivity index (χ1n) is 11.7. The normalized spacial score (nSPS) is 16.0. The molecule has 3 rings (SSSR count). The van der Waals surface area contributed by atoms with Gasteiger partial charge in [0.25, 0.3) is 0 Å². The van der Waals surface area contributed by atoms with Gasteiger partial charge >= 0.3 is 182 Å². The maximum atomic E-state index is 2.64. The minimum atomic E-state index is -2.40. The molecule has 2 aromatic carbocycles. The quantitative estimate of drug-likeness (QED) is 0.252. The summed E-state index contributed by atoms with van der Waals surface area (Å²) in [5.74, 6) is 5.27. The second-order valence-corrected chi connectivity index (χ2v) is 17.9. The summed E-state index contributed by atoms with van der Waals surface area (Å²) < 4.78 is 3.51. The van der Waals surface area contributed by atoms with Crippen molar-refractivity contribution in [3.8, 4) is 0 Å². The molecule has 0 aromatic heterocycles. The predicted octanol–water partition coefficient (Wildman–Crippen LogP) is 8.86. The minimum absolute atomic E-state index is 1.25. The van der Waals surface area contributed by atoms with Gasteiger partial charge in [0.1, 0.15) is 0 Å². The fourth-order valence-electron chi connectivity index (χ4n) is 5.12. The molecule has 0 spiro atoms. The van der Waals surface area contributed by atoms with Crippen molar-refractivity contribution in [2.75, 3.05) is 0 Å². The summed E-state index contributed by atoms with van der Waals surface area (Å²) >= 11 is -2.40. The molecule has 1 heteroatoms. The molecule has 1 heterocycles. The molecule has 29 heavy (non-hydrogen) atoms. The van der Waals surface area contributed by atoms with Crippen LogP contribution in [0.15, 0.2) is 71.8 Å². The zero-order valence-electron chi connectivity index (χ0n) is 18.9. The summed E-state index contributed by atoms with van der Waals surface area (Å²) in [4.78, 5) is 0. The predicted molar refractivity (Wildman–Crippen MR) is 132 cm³/mol. The Balaban J connectivity index is 2.15. The van der Waals surface area contributed by atoms with Crippen molar-refractivity contribution < 1.29 is 0 Å². The van der Waals surface area contributed by atoms with Crippen molar-refractivity contribution in [2.45, 2.75) is 76.7 Å². The first kappa shape index (κ1) is 22.2. The first-order valence-corrected chi connectivity index (χ1v) is 18.0. The third kappa shape index (κ3) is 4.97. The second kappa shape index (κ2) is 10.5. The fraction of sp³-hybridized carbons (Fsp3) is 0.429. The van der Waals surface area contributed by atoms with E-state index in [0.29, 0.717) is 0 Å². The summed E-state index contributed by atoms with van der Waals surface area (Å²) in [6, 6.07) is 22.7. The van der Waals surface area contributed by atoms with Crippen LogP contribution in [0.2, 0.25) is 11.5 Å². The van der Waals surface area contributed by atoms with Crippen LogP contribution in [0, 0.1) is 0 Å². The van der Waals surface area contributed by atoms with Gasteiger partial charge in [-0.15, -0.1) is 0 Å². The van der Waals surface area contributed by atoms with E-state index < -0.39 is 13.3 Å². The van der Waals surface area contributed by atoms with E-state index in [4.69, 9.17) is 0 Å². The number of hydrogen-bond donors (Lipinski definition) is 0. The van der Waals surface area contributed by atoms with Crippen LogP contribution in [0.4, 0.5) is 0 Å².